The fraction of sp³-hybridized carbons (Fsp3) is 0.273. The van der Waals surface area contributed by atoms with Crippen LogP contribution in [0.5, 0.6) is 5.75 Å². The van der Waals surface area contributed by atoms with E-state index in [-0.39, 0.29) is 0 Å². The lowest BCUT2D eigenvalue weighted by Gasteiger charge is -2.06. The van der Waals surface area contributed by atoms with Crippen LogP contribution in [0.15, 0.2) is 34.1 Å². The molecule has 90 valence electrons. The monoisotopic (exact) mass is 267 g/mol. The van der Waals surface area contributed by atoms with Crippen molar-refractivity contribution in [1.29, 1.82) is 0 Å². The maximum atomic E-state index is 5.63. The van der Waals surface area contributed by atoms with Crippen molar-refractivity contribution in [1.82, 2.24) is 10.2 Å². The largest absolute Gasteiger partial charge is 0.493 e. The highest BCUT2D eigenvalue weighted by atomic mass is 32.2. The van der Waals surface area contributed by atoms with E-state index in [0.717, 1.165) is 21.4 Å². The summed E-state index contributed by atoms with van der Waals surface area (Å²) in [7, 11) is 0. The summed E-state index contributed by atoms with van der Waals surface area (Å²) in [6.45, 7) is 1.19. The number of rotatable bonds is 6. The first-order chi connectivity index (χ1) is 8.38. The van der Waals surface area contributed by atoms with Crippen LogP contribution in [-0.2, 0) is 6.54 Å². The Kier molecular flexibility index (Phi) is 4.78. The molecule has 0 spiro atoms. The van der Waals surface area contributed by atoms with E-state index in [1.54, 1.807) is 28.6 Å². The lowest BCUT2D eigenvalue weighted by Crippen LogP contribution is -2.01. The van der Waals surface area contributed by atoms with Gasteiger partial charge in [-0.15, -0.1) is 10.2 Å². The van der Waals surface area contributed by atoms with E-state index in [1.807, 2.05) is 24.3 Å². The van der Waals surface area contributed by atoms with Crippen molar-refractivity contribution in [3.8, 4) is 5.75 Å². The zero-order valence-electron chi connectivity index (χ0n) is 9.20. The van der Waals surface area contributed by atoms with Crippen LogP contribution < -0.4 is 10.5 Å². The second-order valence-electron chi connectivity index (χ2n) is 3.25. The van der Waals surface area contributed by atoms with Crippen LogP contribution in [0, 0.1) is 0 Å². The van der Waals surface area contributed by atoms with Crippen LogP contribution >= 0.6 is 23.1 Å². The summed E-state index contributed by atoms with van der Waals surface area (Å²) in [5.74, 6) is 1.73. The Labute approximate surface area is 108 Å². The minimum absolute atomic E-state index is 0.538. The minimum Gasteiger partial charge on any atom is -0.493 e. The van der Waals surface area contributed by atoms with Crippen molar-refractivity contribution in [3.05, 3.63) is 35.3 Å². The van der Waals surface area contributed by atoms with Gasteiger partial charge >= 0.3 is 0 Å². The molecule has 0 atom stereocenters. The van der Waals surface area contributed by atoms with E-state index in [2.05, 4.69) is 10.2 Å². The van der Waals surface area contributed by atoms with Gasteiger partial charge < -0.3 is 10.5 Å². The number of hydrogen-bond donors (Lipinski definition) is 1. The lowest BCUT2D eigenvalue weighted by atomic mass is 10.2. The SMILES string of the molecule is NCc1cccc(OCCSc2nncs2)c1. The molecule has 0 saturated heterocycles. The first-order valence-electron chi connectivity index (χ1n) is 5.19. The van der Waals surface area contributed by atoms with Gasteiger partial charge in [0.2, 0.25) is 0 Å². The third-order valence-electron chi connectivity index (χ3n) is 2.05. The first kappa shape index (κ1) is 12.3. The zero-order valence-corrected chi connectivity index (χ0v) is 10.8. The van der Waals surface area contributed by atoms with Crippen LogP contribution in [-0.4, -0.2) is 22.6 Å². The van der Waals surface area contributed by atoms with Crippen molar-refractivity contribution in [2.45, 2.75) is 10.9 Å². The predicted octanol–water partition coefficient (Wildman–Crippen LogP) is 2.17. The van der Waals surface area contributed by atoms with Gasteiger partial charge in [0, 0.05) is 12.3 Å². The van der Waals surface area contributed by atoms with Crippen molar-refractivity contribution in [2.24, 2.45) is 5.73 Å². The molecular weight excluding hydrogens is 254 g/mol. The van der Waals surface area contributed by atoms with E-state index >= 15 is 0 Å². The Morgan fingerprint density at radius 3 is 3.12 bits per heavy atom. The molecule has 1 aromatic heterocycles. The molecule has 17 heavy (non-hydrogen) atoms. The molecule has 6 heteroatoms. The van der Waals surface area contributed by atoms with Crippen molar-refractivity contribution >= 4 is 23.1 Å². The van der Waals surface area contributed by atoms with Crippen molar-refractivity contribution < 1.29 is 4.74 Å². The van der Waals surface area contributed by atoms with Crippen LogP contribution in [0.4, 0.5) is 0 Å². The molecule has 1 heterocycles. The molecule has 0 fully saturated rings. The van der Waals surface area contributed by atoms with Crippen LogP contribution in [0.1, 0.15) is 5.56 Å². The highest BCUT2D eigenvalue weighted by Gasteiger charge is 1.99. The molecule has 0 radical (unpaired) electrons. The van der Waals surface area contributed by atoms with Gasteiger partial charge in [-0.1, -0.05) is 35.2 Å². The molecule has 0 aliphatic heterocycles. The molecule has 0 amide bonds. The van der Waals surface area contributed by atoms with Crippen LogP contribution in [0.25, 0.3) is 0 Å². The lowest BCUT2D eigenvalue weighted by molar-refractivity contribution is 0.343. The summed E-state index contributed by atoms with van der Waals surface area (Å²) < 4.78 is 6.60. The van der Waals surface area contributed by atoms with Gasteiger partial charge in [-0.25, -0.2) is 0 Å². The van der Waals surface area contributed by atoms with E-state index < -0.39 is 0 Å². The average Bonchev–Trinajstić information content (AvgIpc) is 2.88. The fourth-order valence-corrected chi connectivity index (χ4v) is 2.65. The topological polar surface area (TPSA) is 61.0 Å². The zero-order chi connectivity index (χ0) is 11.9. The van der Waals surface area contributed by atoms with Crippen molar-refractivity contribution in [3.63, 3.8) is 0 Å². The van der Waals surface area contributed by atoms with Gasteiger partial charge in [0.05, 0.1) is 6.61 Å². The number of aromatic nitrogens is 2. The number of thioether (sulfide) groups is 1. The van der Waals surface area contributed by atoms with Gasteiger partial charge in [-0.2, -0.15) is 0 Å². The molecule has 2 aromatic rings. The molecule has 0 bridgehead atoms. The number of hydrogen-bond acceptors (Lipinski definition) is 6. The highest BCUT2D eigenvalue weighted by molar-refractivity contribution is 8.01. The smallest absolute Gasteiger partial charge is 0.174 e. The van der Waals surface area contributed by atoms with Gasteiger partial charge in [0.1, 0.15) is 11.3 Å². The highest BCUT2D eigenvalue weighted by Crippen LogP contribution is 2.19. The number of nitrogens with two attached hydrogens (primary N) is 1. The summed E-state index contributed by atoms with van der Waals surface area (Å²) in [6.07, 6.45) is 0. The summed E-state index contributed by atoms with van der Waals surface area (Å²) in [5, 5.41) is 7.72. The molecule has 0 unspecified atom stereocenters. The maximum absolute atomic E-state index is 5.63. The summed E-state index contributed by atoms with van der Waals surface area (Å²) in [5.41, 5.74) is 8.38. The third-order valence-corrected chi connectivity index (χ3v) is 3.88. The van der Waals surface area contributed by atoms with Gasteiger partial charge in [-0.05, 0) is 17.7 Å². The standard InChI is InChI=1S/C11H13N3OS2/c12-7-9-2-1-3-10(6-9)15-4-5-16-11-14-13-8-17-11/h1-3,6,8H,4-5,7,12H2. The van der Waals surface area contributed by atoms with Crippen LogP contribution in [0.2, 0.25) is 0 Å². The van der Waals surface area contributed by atoms with Gasteiger partial charge in [0.15, 0.2) is 4.34 Å². The number of nitrogens with zero attached hydrogens (tertiary/aromatic N) is 2. The predicted molar refractivity (Wildman–Crippen MR) is 70.5 cm³/mol. The molecule has 1 aromatic carbocycles. The molecule has 0 aliphatic rings. The second kappa shape index (κ2) is 6.58. The number of benzene rings is 1. The third kappa shape index (κ3) is 3.99. The average molecular weight is 267 g/mol. The molecule has 4 nitrogen and oxygen atoms in total. The van der Waals surface area contributed by atoms with Crippen molar-refractivity contribution in [2.75, 3.05) is 12.4 Å². The van der Waals surface area contributed by atoms with Gasteiger partial charge in [-0.3, -0.25) is 0 Å². The van der Waals surface area contributed by atoms with E-state index in [4.69, 9.17) is 10.5 Å². The Bertz CT molecular complexity index is 448. The molecule has 0 saturated carbocycles. The molecule has 0 aliphatic carbocycles. The normalized spacial score (nSPS) is 10.4. The number of ether oxygens (including phenoxy) is 1. The quantitative estimate of drug-likeness (QED) is 0.642. The van der Waals surface area contributed by atoms with E-state index in [1.165, 1.54) is 0 Å². The Balaban J connectivity index is 1.74. The van der Waals surface area contributed by atoms with Gasteiger partial charge in [0.25, 0.3) is 0 Å². The molecule has 2 N–H and O–H groups in total. The summed E-state index contributed by atoms with van der Waals surface area (Å²) in [4.78, 5) is 0. The second-order valence-corrected chi connectivity index (χ2v) is 5.43. The summed E-state index contributed by atoms with van der Waals surface area (Å²) in [6, 6.07) is 7.85. The maximum Gasteiger partial charge on any atom is 0.174 e. The Morgan fingerprint density at radius 2 is 2.35 bits per heavy atom. The molecule has 2 rings (SSSR count). The summed E-state index contributed by atoms with van der Waals surface area (Å²) >= 11 is 3.20. The first-order valence-corrected chi connectivity index (χ1v) is 7.06. The van der Waals surface area contributed by atoms with E-state index in [9.17, 15) is 0 Å². The molecular formula is C11H13N3OS2. The Morgan fingerprint density at radius 1 is 1.41 bits per heavy atom. The van der Waals surface area contributed by atoms with Crippen LogP contribution in [0.3, 0.4) is 0 Å². The minimum atomic E-state index is 0.538. The fourth-order valence-electron chi connectivity index (χ4n) is 1.28. The van der Waals surface area contributed by atoms with E-state index in [0.29, 0.717) is 13.2 Å². The Hall–Kier alpha value is -1.11.